The van der Waals surface area contributed by atoms with Crippen molar-refractivity contribution in [2.75, 3.05) is 7.11 Å². The van der Waals surface area contributed by atoms with Gasteiger partial charge in [0, 0.05) is 12.5 Å². The van der Waals surface area contributed by atoms with Crippen molar-refractivity contribution in [3.8, 4) is 5.75 Å². The molecule has 2 N–H and O–H groups in total. The minimum absolute atomic E-state index is 0.0780. The molecule has 1 aromatic heterocycles. The molecule has 0 bridgehead atoms. The zero-order valence-electron chi connectivity index (χ0n) is 16.6. The highest BCUT2D eigenvalue weighted by Crippen LogP contribution is 2.38. The summed E-state index contributed by atoms with van der Waals surface area (Å²) >= 11 is 0. The molecule has 1 unspecified atom stereocenters. The summed E-state index contributed by atoms with van der Waals surface area (Å²) in [7, 11) is 1.59. The Morgan fingerprint density at radius 3 is 2.64 bits per heavy atom. The molecule has 28 heavy (non-hydrogen) atoms. The number of methoxy groups -OCH3 is 1. The molecule has 0 amide bonds. The van der Waals surface area contributed by atoms with Gasteiger partial charge in [0.2, 0.25) is 0 Å². The van der Waals surface area contributed by atoms with Crippen LogP contribution in [0.25, 0.3) is 11.0 Å². The molecule has 3 aromatic rings. The summed E-state index contributed by atoms with van der Waals surface area (Å²) in [4.78, 5) is 11.6. The Morgan fingerprint density at radius 1 is 1.29 bits per heavy atom. The number of carboxylic acids is 1. The lowest BCUT2D eigenvalue weighted by Gasteiger charge is -2.21. The van der Waals surface area contributed by atoms with E-state index in [1.807, 2.05) is 45.0 Å². The summed E-state index contributed by atoms with van der Waals surface area (Å²) in [5.41, 5.74) is 5.83. The standard InChI is InChI=1S/C21H25N3O4/c1-5-24-21-18(28-4)9-16(13(3)20(21)22-23-24)17(10-19(26)27)14-7-6-12(2)15(8-14)11-25/h6-9,17,25H,5,10-11H2,1-4H3,(H,26,27). The molecule has 0 saturated heterocycles. The maximum Gasteiger partial charge on any atom is 0.304 e. The highest BCUT2D eigenvalue weighted by molar-refractivity contribution is 5.86. The first-order valence-corrected chi connectivity index (χ1v) is 9.23. The van der Waals surface area contributed by atoms with E-state index in [9.17, 15) is 15.0 Å². The first-order valence-electron chi connectivity index (χ1n) is 9.23. The molecule has 3 rings (SSSR count). The van der Waals surface area contributed by atoms with Crippen LogP contribution in [0.2, 0.25) is 0 Å². The van der Waals surface area contributed by atoms with E-state index in [4.69, 9.17) is 4.74 Å². The van der Waals surface area contributed by atoms with E-state index in [0.29, 0.717) is 17.8 Å². The molecule has 0 aliphatic carbocycles. The Balaban J connectivity index is 2.25. The normalized spacial score (nSPS) is 12.3. The number of benzene rings is 2. The first-order chi connectivity index (χ1) is 13.4. The van der Waals surface area contributed by atoms with Crippen LogP contribution < -0.4 is 4.74 Å². The average Bonchev–Trinajstić information content (AvgIpc) is 3.12. The maximum absolute atomic E-state index is 11.6. The minimum Gasteiger partial charge on any atom is -0.494 e. The van der Waals surface area contributed by atoms with Crippen molar-refractivity contribution < 1.29 is 19.7 Å². The fraction of sp³-hybridized carbons (Fsp3) is 0.381. The summed E-state index contributed by atoms with van der Waals surface area (Å²) in [6, 6.07) is 7.59. The van der Waals surface area contributed by atoms with Crippen LogP contribution in [0.3, 0.4) is 0 Å². The lowest BCUT2D eigenvalue weighted by Crippen LogP contribution is -2.11. The largest absolute Gasteiger partial charge is 0.494 e. The van der Waals surface area contributed by atoms with E-state index in [-0.39, 0.29) is 13.0 Å². The molecule has 0 radical (unpaired) electrons. The fourth-order valence-corrected chi connectivity index (χ4v) is 3.66. The lowest BCUT2D eigenvalue weighted by atomic mass is 9.84. The van der Waals surface area contributed by atoms with E-state index in [1.54, 1.807) is 11.8 Å². The zero-order valence-corrected chi connectivity index (χ0v) is 16.6. The van der Waals surface area contributed by atoms with Gasteiger partial charge in [0.05, 0.1) is 20.1 Å². The zero-order chi connectivity index (χ0) is 20.4. The van der Waals surface area contributed by atoms with Crippen molar-refractivity contribution in [2.24, 2.45) is 0 Å². The Kier molecular flexibility index (Phi) is 5.65. The Bertz CT molecular complexity index is 1030. The summed E-state index contributed by atoms with van der Waals surface area (Å²) in [5, 5.41) is 27.7. The topological polar surface area (TPSA) is 97.5 Å². The summed E-state index contributed by atoms with van der Waals surface area (Å²) in [6.07, 6.45) is -0.0780. The number of ether oxygens (including phenoxy) is 1. The number of rotatable bonds is 7. The third-order valence-corrected chi connectivity index (χ3v) is 5.26. The number of carboxylic acid groups (broad SMARTS) is 1. The van der Waals surface area contributed by atoms with E-state index >= 15 is 0 Å². The lowest BCUT2D eigenvalue weighted by molar-refractivity contribution is -0.137. The van der Waals surface area contributed by atoms with Gasteiger partial charge in [0.1, 0.15) is 16.8 Å². The minimum atomic E-state index is -0.896. The van der Waals surface area contributed by atoms with Crippen molar-refractivity contribution in [3.63, 3.8) is 0 Å². The number of fused-ring (bicyclic) bond motifs is 1. The van der Waals surface area contributed by atoms with Crippen molar-refractivity contribution in [1.29, 1.82) is 0 Å². The summed E-state index contributed by atoms with van der Waals surface area (Å²) in [5.74, 6) is -0.674. The number of carbonyl (C=O) groups is 1. The number of hydrogen-bond donors (Lipinski definition) is 2. The molecule has 0 aliphatic rings. The van der Waals surface area contributed by atoms with Crippen LogP contribution in [0.5, 0.6) is 5.75 Å². The molecule has 0 spiro atoms. The Labute approximate surface area is 163 Å². The number of nitrogens with zero attached hydrogens (tertiary/aromatic N) is 3. The van der Waals surface area contributed by atoms with E-state index in [0.717, 1.165) is 33.3 Å². The number of hydrogen-bond acceptors (Lipinski definition) is 5. The van der Waals surface area contributed by atoms with Crippen LogP contribution in [0.1, 0.15) is 47.1 Å². The summed E-state index contributed by atoms with van der Waals surface area (Å²) in [6.45, 7) is 6.40. The van der Waals surface area contributed by atoms with Gasteiger partial charge in [-0.3, -0.25) is 4.79 Å². The van der Waals surface area contributed by atoms with Crippen LogP contribution in [0.15, 0.2) is 24.3 Å². The SMILES string of the molecule is CCn1nnc2c(C)c(C(CC(=O)O)c3ccc(C)c(CO)c3)cc(OC)c21. The molecule has 148 valence electrons. The van der Waals surface area contributed by atoms with E-state index < -0.39 is 11.9 Å². The van der Waals surface area contributed by atoms with E-state index in [2.05, 4.69) is 10.3 Å². The third kappa shape index (κ3) is 3.45. The quantitative estimate of drug-likeness (QED) is 0.650. The van der Waals surface area contributed by atoms with Gasteiger partial charge in [0.25, 0.3) is 0 Å². The second-order valence-corrected chi connectivity index (χ2v) is 6.89. The van der Waals surface area contributed by atoms with Crippen LogP contribution in [-0.4, -0.2) is 38.3 Å². The predicted octanol–water partition coefficient (Wildman–Crippen LogP) is 3.18. The van der Waals surface area contributed by atoms with Gasteiger partial charge in [-0.25, -0.2) is 4.68 Å². The van der Waals surface area contributed by atoms with Crippen LogP contribution in [0.4, 0.5) is 0 Å². The highest BCUT2D eigenvalue weighted by Gasteiger charge is 2.25. The van der Waals surface area contributed by atoms with Gasteiger partial charge in [-0.2, -0.15) is 0 Å². The van der Waals surface area contributed by atoms with Gasteiger partial charge in [-0.05, 0) is 54.7 Å². The molecular weight excluding hydrogens is 358 g/mol. The van der Waals surface area contributed by atoms with Crippen LogP contribution in [0, 0.1) is 13.8 Å². The van der Waals surface area contributed by atoms with Crippen molar-refractivity contribution in [1.82, 2.24) is 15.0 Å². The first kappa shape index (κ1) is 19.8. The smallest absolute Gasteiger partial charge is 0.304 e. The predicted molar refractivity (Wildman–Crippen MR) is 106 cm³/mol. The van der Waals surface area contributed by atoms with Crippen LogP contribution in [-0.2, 0) is 17.9 Å². The van der Waals surface area contributed by atoms with Gasteiger partial charge >= 0.3 is 5.97 Å². The van der Waals surface area contributed by atoms with Gasteiger partial charge < -0.3 is 14.9 Å². The van der Waals surface area contributed by atoms with Crippen LogP contribution >= 0.6 is 0 Å². The number of aliphatic hydroxyl groups excluding tert-OH is 1. The number of aliphatic carboxylic acids is 1. The Morgan fingerprint density at radius 2 is 2.04 bits per heavy atom. The number of aliphatic hydroxyl groups is 1. The molecule has 7 nitrogen and oxygen atoms in total. The van der Waals surface area contributed by atoms with Gasteiger partial charge in [-0.1, -0.05) is 23.4 Å². The molecule has 1 atom stereocenters. The van der Waals surface area contributed by atoms with Gasteiger partial charge in [0.15, 0.2) is 0 Å². The highest BCUT2D eigenvalue weighted by atomic mass is 16.5. The average molecular weight is 383 g/mol. The second kappa shape index (κ2) is 7.98. The molecule has 0 fully saturated rings. The maximum atomic E-state index is 11.6. The number of aryl methyl sites for hydroxylation is 3. The molecule has 0 saturated carbocycles. The van der Waals surface area contributed by atoms with Crippen molar-refractivity contribution >= 4 is 17.0 Å². The second-order valence-electron chi connectivity index (χ2n) is 6.89. The molecule has 1 heterocycles. The van der Waals surface area contributed by atoms with E-state index in [1.165, 1.54) is 0 Å². The fourth-order valence-electron chi connectivity index (χ4n) is 3.66. The molecular formula is C21H25N3O4. The summed E-state index contributed by atoms with van der Waals surface area (Å²) < 4.78 is 7.36. The third-order valence-electron chi connectivity index (χ3n) is 5.26. The molecule has 7 heteroatoms. The Hall–Kier alpha value is -2.93. The number of aromatic nitrogens is 3. The molecule has 2 aromatic carbocycles. The van der Waals surface area contributed by atoms with Crippen molar-refractivity contribution in [3.05, 3.63) is 52.1 Å². The monoisotopic (exact) mass is 383 g/mol. The van der Waals surface area contributed by atoms with Gasteiger partial charge in [-0.15, -0.1) is 5.10 Å². The molecule has 0 aliphatic heterocycles. The van der Waals surface area contributed by atoms with Crippen molar-refractivity contribution in [2.45, 2.75) is 46.3 Å².